The van der Waals surface area contributed by atoms with Crippen LogP contribution < -0.4 is 15.4 Å². The Morgan fingerprint density at radius 1 is 1.31 bits per heavy atom. The highest BCUT2D eigenvalue weighted by Gasteiger charge is 2.21. The zero-order valence-electron chi connectivity index (χ0n) is 16.8. The first-order valence-corrected chi connectivity index (χ1v) is 11.0. The molecule has 0 aliphatic carbocycles. The van der Waals surface area contributed by atoms with Gasteiger partial charge in [0, 0.05) is 49.5 Å². The van der Waals surface area contributed by atoms with Crippen LogP contribution in [0.4, 0.5) is 0 Å². The van der Waals surface area contributed by atoms with Crippen LogP contribution in [0, 0.1) is 0 Å². The summed E-state index contributed by atoms with van der Waals surface area (Å²) < 4.78 is 5.17. The molecule has 2 heterocycles. The van der Waals surface area contributed by atoms with Gasteiger partial charge < -0.3 is 20.3 Å². The third kappa shape index (κ3) is 5.87. The van der Waals surface area contributed by atoms with Crippen LogP contribution in [0.1, 0.15) is 22.4 Å². The summed E-state index contributed by atoms with van der Waals surface area (Å²) in [6.45, 7) is 2.77. The largest absolute Gasteiger partial charge is 0.497 e. The highest BCUT2D eigenvalue weighted by atomic mass is 35.5. The van der Waals surface area contributed by atoms with E-state index in [1.54, 1.807) is 25.5 Å². The molecule has 0 saturated heterocycles. The zero-order valence-corrected chi connectivity index (χ0v) is 18.4. The summed E-state index contributed by atoms with van der Waals surface area (Å²) in [6, 6.07) is 7.81. The fourth-order valence-corrected chi connectivity index (χ4v) is 4.46. The zero-order chi connectivity index (χ0) is 20.6. The van der Waals surface area contributed by atoms with E-state index in [-0.39, 0.29) is 5.91 Å². The third-order valence-electron chi connectivity index (χ3n) is 4.96. The van der Waals surface area contributed by atoms with Crippen molar-refractivity contribution in [3.05, 3.63) is 50.7 Å². The maximum Gasteiger partial charge on any atom is 0.224 e. The first kappa shape index (κ1) is 21.5. The molecule has 8 heteroatoms. The lowest BCUT2D eigenvalue weighted by molar-refractivity contribution is -0.131. The Hall–Kier alpha value is -2.25. The predicted octanol–water partition coefficient (Wildman–Crippen LogP) is 3.09. The first-order chi connectivity index (χ1) is 14.1. The van der Waals surface area contributed by atoms with Gasteiger partial charge in [0.1, 0.15) is 5.75 Å². The lowest BCUT2D eigenvalue weighted by Crippen LogP contribution is -2.41. The van der Waals surface area contributed by atoms with E-state index in [2.05, 4.69) is 27.1 Å². The average Bonchev–Trinajstić information content (AvgIpc) is 3.21. The molecule has 3 rings (SSSR count). The number of hydrogen-bond donors (Lipinski definition) is 2. The minimum atomic E-state index is 0.176. The highest BCUT2D eigenvalue weighted by Crippen LogP contribution is 2.24. The number of amides is 1. The van der Waals surface area contributed by atoms with Gasteiger partial charge in [-0.05, 0) is 47.5 Å². The molecular formula is C21H27ClN4O2S. The van der Waals surface area contributed by atoms with Crippen molar-refractivity contribution in [3.63, 3.8) is 0 Å². The standard InChI is InChI=1S/C21H27ClN4O2S/c1-23-21(24-9-5-15-3-4-17(28-2)13-18(15)22)25-10-6-20(27)26-11-7-19-16(14-26)8-12-29-19/h3-4,8,12-13H,5-7,9-11,14H2,1-2H3,(H2,23,24,25). The SMILES string of the molecule is CN=C(NCCC(=O)N1CCc2sccc2C1)NCCc1ccc(OC)cc1Cl. The Balaban J connectivity index is 1.38. The Morgan fingerprint density at radius 3 is 2.90 bits per heavy atom. The fourth-order valence-electron chi connectivity index (χ4n) is 3.30. The van der Waals surface area contributed by atoms with E-state index in [1.165, 1.54) is 10.4 Å². The lowest BCUT2D eigenvalue weighted by Gasteiger charge is -2.27. The fraction of sp³-hybridized carbons (Fsp3) is 0.429. The summed E-state index contributed by atoms with van der Waals surface area (Å²) in [4.78, 5) is 20.1. The molecule has 1 aromatic carbocycles. The number of fused-ring (bicyclic) bond motifs is 1. The molecule has 0 radical (unpaired) electrons. The molecule has 1 aromatic heterocycles. The van der Waals surface area contributed by atoms with Gasteiger partial charge in [-0.15, -0.1) is 11.3 Å². The number of guanidine groups is 1. The van der Waals surface area contributed by atoms with E-state index in [9.17, 15) is 4.79 Å². The number of halogens is 1. The maximum atomic E-state index is 12.5. The molecule has 29 heavy (non-hydrogen) atoms. The summed E-state index contributed by atoms with van der Waals surface area (Å²) >= 11 is 8.06. The minimum Gasteiger partial charge on any atom is -0.497 e. The Kier molecular flexibility index (Phi) is 7.77. The van der Waals surface area contributed by atoms with Gasteiger partial charge >= 0.3 is 0 Å². The number of hydrogen-bond acceptors (Lipinski definition) is 4. The minimum absolute atomic E-state index is 0.176. The average molecular weight is 435 g/mol. The second-order valence-corrected chi connectivity index (χ2v) is 8.23. The number of nitrogens with zero attached hydrogens (tertiary/aromatic N) is 2. The molecule has 2 N–H and O–H groups in total. The van der Waals surface area contributed by atoms with Crippen molar-refractivity contribution in [1.82, 2.24) is 15.5 Å². The van der Waals surface area contributed by atoms with Crippen molar-refractivity contribution in [1.29, 1.82) is 0 Å². The maximum absolute atomic E-state index is 12.5. The number of carbonyl (C=O) groups is 1. The van der Waals surface area contributed by atoms with Crippen LogP contribution >= 0.6 is 22.9 Å². The van der Waals surface area contributed by atoms with Crippen molar-refractivity contribution in [2.75, 3.05) is 33.8 Å². The summed E-state index contributed by atoms with van der Waals surface area (Å²) in [6.07, 6.45) is 2.17. The molecule has 6 nitrogen and oxygen atoms in total. The van der Waals surface area contributed by atoms with Crippen LogP contribution in [0.15, 0.2) is 34.6 Å². The summed E-state index contributed by atoms with van der Waals surface area (Å²) in [5.74, 6) is 1.61. The van der Waals surface area contributed by atoms with Gasteiger partial charge in [-0.2, -0.15) is 0 Å². The van der Waals surface area contributed by atoms with Crippen LogP contribution in [0.3, 0.4) is 0 Å². The number of ether oxygens (including phenoxy) is 1. The first-order valence-electron chi connectivity index (χ1n) is 9.70. The molecular weight excluding hydrogens is 408 g/mol. The molecule has 0 atom stereocenters. The second kappa shape index (κ2) is 10.5. The smallest absolute Gasteiger partial charge is 0.224 e. The van der Waals surface area contributed by atoms with E-state index in [4.69, 9.17) is 16.3 Å². The molecule has 0 fully saturated rings. The molecule has 2 aromatic rings. The molecule has 1 aliphatic rings. The van der Waals surface area contributed by atoms with Gasteiger partial charge in [0.2, 0.25) is 5.91 Å². The summed E-state index contributed by atoms with van der Waals surface area (Å²) in [7, 11) is 3.35. The summed E-state index contributed by atoms with van der Waals surface area (Å²) in [5.41, 5.74) is 2.33. The number of carbonyl (C=O) groups excluding carboxylic acids is 1. The Labute approximate surface area is 180 Å². The summed E-state index contributed by atoms with van der Waals surface area (Å²) in [5, 5.41) is 9.27. The van der Waals surface area contributed by atoms with Gasteiger partial charge in [-0.1, -0.05) is 17.7 Å². The molecule has 0 unspecified atom stereocenters. The van der Waals surface area contributed by atoms with E-state index in [0.717, 1.165) is 37.2 Å². The monoisotopic (exact) mass is 434 g/mol. The molecule has 0 bridgehead atoms. The Bertz CT molecular complexity index is 868. The van der Waals surface area contributed by atoms with Gasteiger partial charge in [0.05, 0.1) is 7.11 Å². The number of benzene rings is 1. The van der Waals surface area contributed by atoms with Crippen LogP contribution in [-0.2, 0) is 24.2 Å². The molecule has 0 saturated carbocycles. The Morgan fingerprint density at radius 2 is 2.14 bits per heavy atom. The van der Waals surface area contributed by atoms with Gasteiger partial charge in [-0.25, -0.2) is 0 Å². The number of thiophene rings is 1. The second-order valence-electron chi connectivity index (χ2n) is 6.82. The predicted molar refractivity (Wildman–Crippen MR) is 119 cm³/mol. The third-order valence-corrected chi connectivity index (χ3v) is 6.34. The van der Waals surface area contributed by atoms with Crippen molar-refractivity contribution in [2.45, 2.75) is 25.8 Å². The van der Waals surface area contributed by atoms with E-state index >= 15 is 0 Å². The topological polar surface area (TPSA) is 66.0 Å². The number of methoxy groups -OCH3 is 1. The van der Waals surface area contributed by atoms with E-state index in [0.29, 0.717) is 30.5 Å². The van der Waals surface area contributed by atoms with Crippen LogP contribution in [0.5, 0.6) is 5.75 Å². The molecule has 1 amide bonds. The van der Waals surface area contributed by atoms with Gasteiger partial charge in [0.25, 0.3) is 0 Å². The number of aliphatic imine (C=N–C) groups is 1. The van der Waals surface area contributed by atoms with Gasteiger partial charge in [0.15, 0.2) is 5.96 Å². The van der Waals surface area contributed by atoms with E-state index in [1.807, 2.05) is 23.1 Å². The van der Waals surface area contributed by atoms with Crippen LogP contribution in [-0.4, -0.2) is 50.6 Å². The van der Waals surface area contributed by atoms with Crippen molar-refractivity contribution in [2.24, 2.45) is 4.99 Å². The lowest BCUT2D eigenvalue weighted by atomic mass is 10.1. The van der Waals surface area contributed by atoms with Crippen LogP contribution in [0.2, 0.25) is 5.02 Å². The van der Waals surface area contributed by atoms with Crippen LogP contribution in [0.25, 0.3) is 0 Å². The normalized spacial score (nSPS) is 13.8. The molecule has 1 aliphatic heterocycles. The molecule has 0 spiro atoms. The number of nitrogens with one attached hydrogen (secondary N) is 2. The highest BCUT2D eigenvalue weighted by molar-refractivity contribution is 7.10. The molecule has 156 valence electrons. The number of rotatable bonds is 7. The van der Waals surface area contributed by atoms with Gasteiger partial charge in [-0.3, -0.25) is 9.79 Å². The van der Waals surface area contributed by atoms with Crippen molar-refractivity contribution in [3.8, 4) is 5.75 Å². The quantitative estimate of drug-likeness (QED) is 0.519. The van der Waals surface area contributed by atoms with E-state index < -0.39 is 0 Å². The van der Waals surface area contributed by atoms with Crippen molar-refractivity contribution >= 4 is 34.8 Å². The van der Waals surface area contributed by atoms with Crippen molar-refractivity contribution < 1.29 is 9.53 Å².